The highest BCUT2D eigenvalue weighted by Gasteiger charge is 2.62. The number of carbonyl (C=O) groups is 1. The Bertz CT molecular complexity index is 524. The zero-order valence-corrected chi connectivity index (χ0v) is 15.8. The molecule has 150 valence electrons. The van der Waals surface area contributed by atoms with Crippen LogP contribution in [0.4, 0.5) is 0 Å². The monoisotopic (exact) mass is 372 g/mol. The van der Waals surface area contributed by atoms with E-state index in [9.17, 15) is 25.2 Å². The van der Waals surface area contributed by atoms with Crippen LogP contribution in [-0.4, -0.2) is 69.1 Å². The van der Waals surface area contributed by atoms with Crippen LogP contribution < -0.4 is 0 Å². The van der Waals surface area contributed by atoms with Crippen LogP contribution in [0.25, 0.3) is 0 Å². The minimum absolute atomic E-state index is 0.0824. The number of aliphatic hydroxyl groups is 4. The van der Waals surface area contributed by atoms with Crippen molar-refractivity contribution in [2.75, 3.05) is 13.2 Å². The van der Waals surface area contributed by atoms with Gasteiger partial charge in [-0.05, 0) is 25.7 Å². The number of allylic oxidation sites excluding steroid dienone is 1. The fourth-order valence-electron chi connectivity index (χ4n) is 3.97. The first-order valence-electron chi connectivity index (χ1n) is 9.29. The SMILES string of the molecule is C=CC[C@H](C)[C@H]1O[C@]1(C)[C@@H](O)[C@@H](CO)C(=O)C1COC(O)(CC)CC1O. The fraction of sp³-hybridized carbons (Fsp3) is 0.842. The molecule has 0 spiro atoms. The van der Waals surface area contributed by atoms with Crippen molar-refractivity contribution in [3.63, 3.8) is 0 Å². The van der Waals surface area contributed by atoms with E-state index < -0.39 is 47.8 Å². The Kier molecular flexibility index (Phi) is 6.64. The lowest BCUT2D eigenvalue weighted by atomic mass is 9.78. The Hall–Kier alpha value is -0.830. The molecule has 2 aliphatic heterocycles. The van der Waals surface area contributed by atoms with E-state index in [-0.39, 0.29) is 25.0 Å². The average Bonchev–Trinajstić information content (AvgIpc) is 3.29. The summed E-state index contributed by atoms with van der Waals surface area (Å²) in [6, 6.07) is 0. The van der Waals surface area contributed by atoms with Crippen LogP contribution in [0, 0.1) is 17.8 Å². The largest absolute Gasteiger partial charge is 0.396 e. The van der Waals surface area contributed by atoms with Crippen molar-refractivity contribution in [2.24, 2.45) is 17.8 Å². The van der Waals surface area contributed by atoms with Gasteiger partial charge in [0.05, 0.1) is 43.4 Å². The van der Waals surface area contributed by atoms with Gasteiger partial charge in [0, 0.05) is 6.42 Å². The summed E-state index contributed by atoms with van der Waals surface area (Å²) in [6.45, 7) is 8.42. The Morgan fingerprint density at radius 3 is 2.62 bits per heavy atom. The Morgan fingerprint density at radius 1 is 1.46 bits per heavy atom. The van der Waals surface area contributed by atoms with Gasteiger partial charge in [0.2, 0.25) is 0 Å². The number of aliphatic hydroxyl groups excluding tert-OH is 3. The number of carbonyl (C=O) groups excluding carboxylic acids is 1. The van der Waals surface area contributed by atoms with Crippen LogP contribution in [0.5, 0.6) is 0 Å². The summed E-state index contributed by atoms with van der Waals surface area (Å²) in [4.78, 5) is 12.8. The second kappa shape index (κ2) is 8.04. The van der Waals surface area contributed by atoms with Gasteiger partial charge in [0.1, 0.15) is 11.4 Å². The smallest absolute Gasteiger partial charge is 0.167 e. The molecule has 8 atom stereocenters. The van der Waals surface area contributed by atoms with Gasteiger partial charge in [-0.2, -0.15) is 0 Å². The number of Topliss-reactive ketones (excluding diaryl/α,β-unsaturated/α-hetero) is 1. The molecule has 7 nitrogen and oxygen atoms in total. The second-order valence-corrected chi connectivity index (χ2v) is 7.85. The predicted molar refractivity (Wildman–Crippen MR) is 94.2 cm³/mol. The first kappa shape index (κ1) is 21.5. The standard InChI is InChI=1S/C19H32O7/c1-5-7-11(3)17-18(4,26-17)16(23)12(9-20)15(22)13-10-25-19(24,6-2)8-14(13)21/h5,11-14,16-17,20-21,23-24H,1,6-10H2,2-4H3/t11-,12-,13?,14?,16-,17+,18+,19?/m0/s1. The highest BCUT2D eigenvalue weighted by atomic mass is 16.6. The molecule has 26 heavy (non-hydrogen) atoms. The summed E-state index contributed by atoms with van der Waals surface area (Å²) in [5.41, 5.74) is -0.921. The maximum absolute atomic E-state index is 12.8. The zero-order valence-electron chi connectivity index (χ0n) is 15.8. The molecule has 0 aromatic carbocycles. The highest BCUT2D eigenvalue weighted by molar-refractivity contribution is 5.85. The first-order valence-corrected chi connectivity index (χ1v) is 9.29. The zero-order chi connectivity index (χ0) is 19.7. The lowest BCUT2D eigenvalue weighted by Gasteiger charge is -2.39. The Labute approximate surface area is 154 Å². The molecule has 0 radical (unpaired) electrons. The third-order valence-electron chi connectivity index (χ3n) is 5.92. The minimum atomic E-state index is -1.44. The summed E-state index contributed by atoms with van der Waals surface area (Å²) < 4.78 is 11.0. The van der Waals surface area contributed by atoms with Crippen LogP contribution in [0.15, 0.2) is 12.7 Å². The summed E-state index contributed by atoms with van der Waals surface area (Å²) in [6.07, 6.45) is 0.193. The van der Waals surface area contributed by atoms with Gasteiger partial charge in [-0.3, -0.25) is 4.79 Å². The molecule has 2 heterocycles. The molecule has 4 N–H and O–H groups in total. The van der Waals surface area contributed by atoms with Gasteiger partial charge in [0.25, 0.3) is 0 Å². The summed E-state index contributed by atoms with van der Waals surface area (Å²) >= 11 is 0. The molecule has 3 unspecified atom stereocenters. The lowest BCUT2D eigenvalue weighted by molar-refractivity contribution is -0.258. The quantitative estimate of drug-likeness (QED) is 0.341. The van der Waals surface area contributed by atoms with Crippen LogP contribution >= 0.6 is 0 Å². The van der Waals surface area contributed by atoms with E-state index in [2.05, 4.69) is 6.58 Å². The maximum Gasteiger partial charge on any atom is 0.167 e. The predicted octanol–water partition coefficient (Wildman–Crippen LogP) is 0.391. The third kappa shape index (κ3) is 4.03. The molecule has 7 heteroatoms. The average molecular weight is 372 g/mol. The van der Waals surface area contributed by atoms with Crippen molar-refractivity contribution in [3.05, 3.63) is 12.7 Å². The molecule has 0 aromatic heterocycles. The van der Waals surface area contributed by atoms with Gasteiger partial charge in [0.15, 0.2) is 5.79 Å². The highest BCUT2D eigenvalue weighted by Crippen LogP contribution is 2.47. The number of epoxide rings is 1. The molecule has 0 amide bonds. The molecule has 2 rings (SSSR count). The van der Waals surface area contributed by atoms with E-state index in [1.807, 2.05) is 6.92 Å². The molecule has 2 fully saturated rings. The molecule has 0 saturated carbocycles. The van der Waals surface area contributed by atoms with Gasteiger partial charge < -0.3 is 29.9 Å². The number of ketones is 1. The van der Waals surface area contributed by atoms with Crippen molar-refractivity contribution >= 4 is 5.78 Å². The molecule has 2 saturated heterocycles. The van der Waals surface area contributed by atoms with Crippen molar-refractivity contribution < 1.29 is 34.7 Å². The van der Waals surface area contributed by atoms with Crippen LogP contribution in [0.2, 0.25) is 0 Å². The number of rotatable bonds is 9. The van der Waals surface area contributed by atoms with E-state index >= 15 is 0 Å². The van der Waals surface area contributed by atoms with Gasteiger partial charge >= 0.3 is 0 Å². The Morgan fingerprint density at radius 2 is 2.12 bits per heavy atom. The second-order valence-electron chi connectivity index (χ2n) is 7.85. The molecular formula is C19H32O7. The summed E-state index contributed by atoms with van der Waals surface area (Å²) in [5, 5.41) is 40.9. The van der Waals surface area contributed by atoms with Crippen molar-refractivity contribution in [2.45, 2.75) is 69.7 Å². The third-order valence-corrected chi connectivity index (χ3v) is 5.92. The summed E-state index contributed by atoms with van der Waals surface area (Å²) in [7, 11) is 0. The van der Waals surface area contributed by atoms with Gasteiger partial charge in [-0.25, -0.2) is 0 Å². The number of hydrogen-bond acceptors (Lipinski definition) is 7. The first-order chi connectivity index (χ1) is 12.1. The van der Waals surface area contributed by atoms with E-state index in [4.69, 9.17) is 9.47 Å². The van der Waals surface area contributed by atoms with Crippen LogP contribution in [0.1, 0.15) is 40.0 Å². The normalized spacial score (nSPS) is 40.5. The van der Waals surface area contributed by atoms with Crippen molar-refractivity contribution in [1.29, 1.82) is 0 Å². The van der Waals surface area contributed by atoms with Gasteiger partial charge in [-0.15, -0.1) is 6.58 Å². The van der Waals surface area contributed by atoms with Crippen molar-refractivity contribution in [1.82, 2.24) is 0 Å². The maximum atomic E-state index is 12.8. The van der Waals surface area contributed by atoms with Crippen LogP contribution in [-0.2, 0) is 14.3 Å². The van der Waals surface area contributed by atoms with Gasteiger partial charge in [-0.1, -0.05) is 19.9 Å². The van der Waals surface area contributed by atoms with Crippen LogP contribution in [0.3, 0.4) is 0 Å². The van der Waals surface area contributed by atoms with E-state index in [1.54, 1.807) is 19.9 Å². The lowest BCUT2D eigenvalue weighted by Crippen LogP contribution is -2.53. The van der Waals surface area contributed by atoms with E-state index in [0.29, 0.717) is 6.42 Å². The van der Waals surface area contributed by atoms with Crippen molar-refractivity contribution in [3.8, 4) is 0 Å². The summed E-state index contributed by atoms with van der Waals surface area (Å²) in [5.74, 6) is -3.78. The molecule has 0 bridgehead atoms. The number of ether oxygens (including phenoxy) is 2. The van der Waals surface area contributed by atoms with E-state index in [1.165, 1.54) is 0 Å². The fourth-order valence-corrected chi connectivity index (χ4v) is 3.97. The molecular weight excluding hydrogens is 340 g/mol. The Balaban J connectivity index is 2.06. The minimum Gasteiger partial charge on any atom is -0.396 e. The molecule has 0 aromatic rings. The molecule has 0 aliphatic carbocycles. The molecule has 2 aliphatic rings. The van der Waals surface area contributed by atoms with E-state index in [0.717, 1.165) is 6.42 Å². The topological polar surface area (TPSA) is 120 Å². The number of hydrogen-bond donors (Lipinski definition) is 4.